The van der Waals surface area contributed by atoms with Gasteiger partial charge in [0.05, 0.1) is 5.52 Å². The summed E-state index contributed by atoms with van der Waals surface area (Å²) in [6.45, 7) is 1.76. The summed E-state index contributed by atoms with van der Waals surface area (Å²) in [5.41, 5.74) is 2.32. The van der Waals surface area contributed by atoms with Crippen LogP contribution < -0.4 is 21.1 Å². The Morgan fingerprint density at radius 2 is 1.84 bits per heavy atom. The lowest BCUT2D eigenvalue weighted by atomic mass is 10.2. The summed E-state index contributed by atoms with van der Waals surface area (Å²) in [5.74, 6) is -2.22. The molecular formula is C19H13F4N5O3. The molecule has 2 aromatic heterocycles. The van der Waals surface area contributed by atoms with Crippen LogP contribution in [0.4, 0.5) is 40.7 Å². The van der Waals surface area contributed by atoms with E-state index in [0.29, 0.717) is 28.2 Å². The molecule has 4 rings (SSSR count). The number of halogens is 4. The molecule has 0 radical (unpaired) electrons. The second-order valence-corrected chi connectivity index (χ2v) is 6.39. The first-order valence-corrected chi connectivity index (χ1v) is 8.72. The molecule has 2 aromatic carbocycles. The minimum atomic E-state index is -5.00. The van der Waals surface area contributed by atoms with Gasteiger partial charge in [-0.3, -0.25) is 4.98 Å². The number of oxazole rings is 1. The van der Waals surface area contributed by atoms with Crippen LogP contribution >= 0.6 is 0 Å². The summed E-state index contributed by atoms with van der Waals surface area (Å²) in [6.07, 6.45) is -3.49. The molecule has 12 heteroatoms. The topological polar surface area (TPSA) is 105 Å². The Balaban J connectivity index is 1.54. The van der Waals surface area contributed by atoms with E-state index in [1.807, 2.05) is 0 Å². The molecule has 0 aliphatic heterocycles. The average Bonchev–Trinajstić information content (AvgIpc) is 3.05. The molecule has 0 atom stereocenters. The van der Waals surface area contributed by atoms with Crippen LogP contribution in [-0.4, -0.2) is 21.3 Å². The molecule has 160 valence electrons. The number of ether oxygens (including phenoxy) is 1. The summed E-state index contributed by atoms with van der Waals surface area (Å²) in [4.78, 5) is 22.2. The highest BCUT2D eigenvalue weighted by Gasteiger charge is 2.32. The molecule has 4 aromatic rings. The van der Waals surface area contributed by atoms with E-state index in [0.717, 1.165) is 12.1 Å². The monoisotopic (exact) mass is 435 g/mol. The number of benzene rings is 2. The van der Waals surface area contributed by atoms with Gasteiger partial charge in [0.1, 0.15) is 5.82 Å². The molecule has 0 amide bonds. The number of alkyl halides is 3. The molecule has 0 unspecified atom stereocenters. The van der Waals surface area contributed by atoms with Crippen LogP contribution in [0.5, 0.6) is 5.75 Å². The number of anilines is 4. The molecule has 0 fully saturated rings. The van der Waals surface area contributed by atoms with Crippen molar-refractivity contribution in [1.29, 1.82) is 0 Å². The van der Waals surface area contributed by atoms with E-state index in [1.54, 1.807) is 25.1 Å². The van der Waals surface area contributed by atoms with Crippen molar-refractivity contribution < 1.29 is 26.7 Å². The van der Waals surface area contributed by atoms with Crippen LogP contribution in [0, 0.1) is 12.7 Å². The molecule has 0 aliphatic carbocycles. The van der Waals surface area contributed by atoms with Crippen molar-refractivity contribution >= 4 is 34.2 Å². The maximum atomic E-state index is 13.9. The highest BCUT2D eigenvalue weighted by Crippen LogP contribution is 2.29. The predicted octanol–water partition coefficient (Wildman–Crippen LogP) is 4.74. The van der Waals surface area contributed by atoms with Crippen molar-refractivity contribution in [2.75, 3.05) is 10.6 Å². The number of hydrogen-bond acceptors (Lipinski definition) is 7. The number of aryl methyl sites for hydroxylation is 1. The van der Waals surface area contributed by atoms with Crippen LogP contribution in [0.1, 0.15) is 5.56 Å². The summed E-state index contributed by atoms with van der Waals surface area (Å²) < 4.78 is 59.2. The Morgan fingerprint density at radius 1 is 1.10 bits per heavy atom. The lowest BCUT2D eigenvalue weighted by molar-refractivity contribution is -0.275. The molecule has 0 saturated heterocycles. The zero-order chi connectivity index (χ0) is 22.2. The van der Waals surface area contributed by atoms with Crippen LogP contribution in [0.15, 0.2) is 51.8 Å². The second kappa shape index (κ2) is 7.63. The standard InChI is InChI=1S/C19H13F4N5O3/c1-9-8-24-17(26-10-2-4-14(12(20)6-10)31-19(21,22)23)28-16(9)25-11-3-5-15-13(7-11)27-18(29)30-15/h2-8H,1H3,(H,27,29)(H2,24,25,26,28). The van der Waals surface area contributed by atoms with E-state index in [4.69, 9.17) is 4.42 Å². The minimum absolute atomic E-state index is 0.0785. The third kappa shape index (κ3) is 4.74. The second-order valence-electron chi connectivity index (χ2n) is 6.39. The fourth-order valence-electron chi connectivity index (χ4n) is 2.71. The first kappa shape index (κ1) is 20.2. The van der Waals surface area contributed by atoms with E-state index < -0.39 is 23.7 Å². The van der Waals surface area contributed by atoms with Gasteiger partial charge >= 0.3 is 12.1 Å². The van der Waals surface area contributed by atoms with Crippen molar-refractivity contribution in [2.45, 2.75) is 13.3 Å². The number of aromatic nitrogens is 3. The van der Waals surface area contributed by atoms with Gasteiger partial charge in [-0.25, -0.2) is 14.2 Å². The average molecular weight is 435 g/mol. The molecule has 0 bridgehead atoms. The van der Waals surface area contributed by atoms with Crippen molar-refractivity contribution in [3.63, 3.8) is 0 Å². The Morgan fingerprint density at radius 3 is 2.58 bits per heavy atom. The van der Waals surface area contributed by atoms with Crippen LogP contribution in [-0.2, 0) is 0 Å². The van der Waals surface area contributed by atoms with Crippen LogP contribution in [0.3, 0.4) is 0 Å². The predicted molar refractivity (Wildman–Crippen MR) is 103 cm³/mol. The summed E-state index contributed by atoms with van der Waals surface area (Å²) in [6, 6.07) is 7.83. The largest absolute Gasteiger partial charge is 0.573 e. The van der Waals surface area contributed by atoms with Gasteiger partial charge in [-0.15, -0.1) is 13.2 Å². The normalized spacial score (nSPS) is 11.5. The fraction of sp³-hybridized carbons (Fsp3) is 0.105. The van der Waals surface area contributed by atoms with Crippen LogP contribution in [0.25, 0.3) is 11.1 Å². The van der Waals surface area contributed by atoms with Gasteiger partial charge in [-0.05, 0) is 37.3 Å². The lowest BCUT2D eigenvalue weighted by Gasteiger charge is -2.12. The summed E-state index contributed by atoms with van der Waals surface area (Å²) in [5, 5.41) is 5.79. The van der Waals surface area contributed by atoms with E-state index in [1.165, 1.54) is 12.3 Å². The third-order valence-corrected chi connectivity index (χ3v) is 4.07. The SMILES string of the molecule is Cc1cnc(Nc2ccc(OC(F)(F)F)c(F)c2)nc1Nc1ccc2oc(=O)[nH]c2c1. The first-order chi connectivity index (χ1) is 14.7. The molecule has 0 aliphatic rings. The van der Waals surface area contributed by atoms with E-state index >= 15 is 0 Å². The lowest BCUT2D eigenvalue weighted by Crippen LogP contribution is -2.18. The minimum Gasteiger partial charge on any atom is -0.408 e. The maximum absolute atomic E-state index is 13.9. The number of hydrogen-bond donors (Lipinski definition) is 3. The fourth-order valence-corrected chi connectivity index (χ4v) is 2.71. The van der Waals surface area contributed by atoms with E-state index in [9.17, 15) is 22.4 Å². The van der Waals surface area contributed by atoms with E-state index in [2.05, 4.69) is 30.3 Å². The molecule has 0 spiro atoms. The number of nitrogens with one attached hydrogen (secondary N) is 3. The van der Waals surface area contributed by atoms with E-state index in [-0.39, 0.29) is 11.6 Å². The Bertz CT molecular complexity index is 1320. The van der Waals surface area contributed by atoms with Gasteiger partial charge in [0, 0.05) is 29.2 Å². The van der Waals surface area contributed by atoms with Gasteiger partial charge in [0.15, 0.2) is 17.1 Å². The van der Waals surface area contributed by atoms with Crippen LogP contribution in [0.2, 0.25) is 0 Å². The van der Waals surface area contributed by atoms with Gasteiger partial charge in [-0.1, -0.05) is 0 Å². The van der Waals surface area contributed by atoms with Crippen molar-refractivity contribution in [1.82, 2.24) is 15.0 Å². The number of aromatic amines is 1. The Labute approximate surface area is 170 Å². The third-order valence-electron chi connectivity index (χ3n) is 4.07. The molecule has 2 heterocycles. The van der Waals surface area contributed by atoms with Gasteiger partial charge in [0.25, 0.3) is 0 Å². The Kier molecular flexibility index (Phi) is 4.97. The number of rotatable bonds is 5. The summed E-state index contributed by atoms with van der Waals surface area (Å²) >= 11 is 0. The van der Waals surface area contributed by atoms with Gasteiger partial charge in [0.2, 0.25) is 5.95 Å². The smallest absolute Gasteiger partial charge is 0.408 e. The maximum Gasteiger partial charge on any atom is 0.573 e. The quantitative estimate of drug-likeness (QED) is 0.389. The molecular weight excluding hydrogens is 422 g/mol. The number of H-pyrrole nitrogens is 1. The molecule has 3 N–H and O–H groups in total. The molecule has 31 heavy (non-hydrogen) atoms. The zero-order valence-electron chi connectivity index (χ0n) is 15.7. The zero-order valence-corrected chi connectivity index (χ0v) is 15.7. The van der Waals surface area contributed by atoms with Crippen molar-refractivity contribution in [3.05, 3.63) is 64.5 Å². The Hall–Kier alpha value is -4.09. The highest BCUT2D eigenvalue weighted by atomic mass is 19.4. The van der Waals surface area contributed by atoms with Gasteiger partial charge < -0.3 is 19.8 Å². The number of nitrogens with zero attached hydrogens (tertiary/aromatic N) is 2. The summed E-state index contributed by atoms with van der Waals surface area (Å²) in [7, 11) is 0. The molecule has 8 nitrogen and oxygen atoms in total. The van der Waals surface area contributed by atoms with Crippen molar-refractivity contribution in [3.8, 4) is 5.75 Å². The highest BCUT2D eigenvalue weighted by molar-refractivity contribution is 5.78. The number of fused-ring (bicyclic) bond motifs is 1. The first-order valence-electron chi connectivity index (χ1n) is 8.72. The molecule has 0 saturated carbocycles. The van der Waals surface area contributed by atoms with Crippen molar-refractivity contribution in [2.24, 2.45) is 0 Å². The van der Waals surface area contributed by atoms with Gasteiger partial charge in [-0.2, -0.15) is 4.98 Å².